The average Bonchev–Trinajstić information content (AvgIpc) is 3.26. The minimum atomic E-state index is -0.763. The molecule has 3 aromatic rings. The molecule has 2 aromatic heterocycles. The van der Waals surface area contributed by atoms with Gasteiger partial charge in [-0.25, -0.2) is 13.8 Å². The maximum absolute atomic E-state index is 14.1. The Morgan fingerprint density at radius 3 is 2.82 bits per heavy atom. The van der Waals surface area contributed by atoms with Gasteiger partial charge in [-0.3, -0.25) is 9.79 Å². The van der Waals surface area contributed by atoms with Crippen molar-refractivity contribution < 1.29 is 13.6 Å². The van der Waals surface area contributed by atoms with E-state index in [-0.39, 0.29) is 21.7 Å². The third-order valence-corrected chi connectivity index (χ3v) is 6.39. The number of nitrogens with zero attached hydrogens (tertiary/aromatic N) is 3. The number of thioether (sulfide) groups is 1. The Bertz CT molecular complexity index is 1250. The number of hydrogen-bond acceptors (Lipinski definition) is 7. The predicted octanol–water partition coefficient (Wildman–Crippen LogP) is 3.32. The zero-order valence-corrected chi connectivity index (χ0v) is 19.3. The van der Waals surface area contributed by atoms with E-state index in [2.05, 4.69) is 25.2 Å². The van der Waals surface area contributed by atoms with E-state index in [0.717, 1.165) is 60.4 Å². The molecule has 1 saturated heterocycles. The number of aromatic nitrogens is 2. The maximum atomic E-state index is 14.1. The van der Waals surface area contributed by atoms with Gasteiger partial charge in [-0.15, -0.1) is 0 Å². The number of nitrogens with two attached hydrogens (primary N) is 2. The molecule has 6 N–H and O–H groups in total. The van der Waals surface area contributed by atoms with E-state index in [1.54, 1.807) is 12.4 Å². The molecule has 4 rings (SSSR count). The molecule has 1 aliphatic rings. The number of pyridine rings is 1. The number of rotatable bonds is 5. The van der Waals surface area contributed by atoms with E-state index in [0.29, 0.717) is 17.9 Å². The number of carbonyl (C=O) groups is 1. The summed E-state index contributed by atoms with van der Waals surface area (Å²) in [5.41, 5.74) is 13.9. The Kier molecular flexibility index (Phi) is 7.13. The first-order valence-electron chi connectivity index (χ1n) is 10.7. The number of H-pyrrole nitrogens is 1. The molecule has 0 radical (unpaired) electrons. The number of aromatic amines is 1. The van der Waals surface area contributed by atoms with Gasteiger partial charge in [0, 0.05) is 43.8 Å². The molecule has 1 aromatic carbocycles. The summed E-state index contributed by atoms with van der Waals surface area (Å²) in [6, 6.07) is 5.47. The molecule has 34 heavy (non-hydrogen) atoms. The summed E-state index contributed by atoms with van der Waals surface area (Å²) in [6.07, 6.45) is 6.41. The van der Waals surface area contributed by atoms with Gasteiger partial charge in [-0.1, -0.05) is 17.8 Å². The number of carbonyl (C=O) groups excluding carboxylic acids is 1. The fraction of sp³-hybridized carbons (Fsp3) is 0.261. The van der Waals surface area contributed by atoms with Crippen molar-refractivity contribution in [1.82, 2.24) is 9.97 Å². The molecule has 1 aliphatic heterocycles. The standard InChI is InChI=1S/C23H25F2N7OS/c1-28-23(20-15(24)5-2-6-16(20)25)34-18(27)10-19(33)31-17-11-30-22-14(7-8-29-22)21(17)32-9-3-4-13(26)12-32/h2,5-8,10-11,13H,3-4,9,12,26-27H2,1H3,(H,29,30)(H,31,33)/b18-10+,28-23-. The minimum absolute atomic E-state index is 0.0237. The van der Waals surface area contributed by atoms with Gasteiger partial charge in [0.1, 0.15) is 22.3 Å². The molecule has 178 valence electrons. The van der Waals surface area contributed by atoms with E-state index >= 15 is 0 Å². The molecule has 1 amide bonds. The summed E-state index contributed by atoms with van der Waals surface area (Å²) < 4.78 is 28.3. The molecular formula is C23H25F2N7OS. The Labute approximate surface area is 199 Å². The highest BCUT2D eigenvalue weighted by atomic mass is 32.2. The van der Waals surface area contributed by atoms with Gasteiger partial charge in [0.15, 0.2) is 0 Å². The average molecular weight is 486 g/mol. The second kappa shape index (κ2) is 10.2. The number of amides is 1. The number of halogens is 2. The summed E-state index contributed by atoms with van der Waals surface area (Å²) in [4.78, 5) is 26.3. The number of nitrogens with one attached hydrogen (secondary N) is 2. The fourth-order valence-electron chi connectivity index (χ4n) is 3.99. The summed E-state index contributed by atoms with van der Waals surface area (Å²) in [5, 5.41) is 3.75. The molecular weight excluding hydrogens is 460 g/mol. The van der Waals surface area contributed by atoms with Gasteiger partial charge in [0.25, 0.3) is 5.91 Å². The molecule has 3 heterocycles. The van der Waals surface area contributed by atoms with Crippen molar-refractivity contribution in [3.05, 3.63) is 65.0 Å². The second-order valence-corrected chi connectivity index (χ2v) is 8.93. The zero-order valence-electron chi connectivity index (χ0n) is 18.5. The minimum Gasteiger partial charge on any atom is -0.393 e. The lowest BCUT2D eigenvalue weighted by Crippen LogP contribution is -2.43. The van der Waals surface area contributed by atoms with Crippen molar-refractivity contribution in [3.8, 4) is 0 Å². The van der Waals surface area contributed by atoms with Crippen LogP contribution in [0.25, 0.3) is 11.0 Å². The second-order valence-electron chi connectivity index (χ2n) is 7.87. The van der Waals surface area contributed by atoms with Gasteiger partial charge < -0.3 is 26.7 Å². The summed E-state index contributed by atoms with van der Waals surface area (Å²) in [7, 11) is 1.40. The molecule has 1 unspecified atom stereocenters. The first-order valence-corrected chi connectivity index (χ1v) is 11.5. The summed E-state index contributed by atoms with van der Waals surface area (Å²) >= 11 is 0.802. The smallest absolute Gasteiger partial charge is 0.251 e. The number of hydrogen-bond donors (Lipinski definition) is 4. The van der Waals surface area contributed by atoms with E-state index < -0.39 is 17.5 Å². The van der Waals surface area contributed by atoms with Crippen LogP contribution in [0.4, 0.5) is 20.2 Å². The van der Waals surface area contributed by atoms with Crippen molar-refractivity contribution in [1.29, 1.82) is 0 Å². The number of fused-ring (bicyclic) bond motifs is 1. The summed E-state index contributed by atoms with van der Waals surface area (Å²) in [5.74, 6) is -2.03. The molecule has 11 heteroatoms. The van der Waals surface area contributed by atoms with Crippen molar-refractivity contribution in [2.75, 3.05) is 30.4 Å². The summed E-state index contributed by atoms with van der Waals surface area (Å²) in [6.45, 7) is 1.46. The Balaban J connectivity index is 1.57. The molecule has 1 atom stereocenters. The van der Waals surface area contributed by atoms with Crippen LogP contribution >= 0.6 is 11.8 Å². The zero-order chi connectivity index (χ0) is 24.2. The van der Waals surface area contributed by atoms with E-state index in [1.807, 2.05) is 6.07 Å². The van der Waals surface area contributed by atoms with Gasteiger partial charge in [-0.2, -0.15) is 0 Å². The van der Waals surface area contributed by atoms with Crippen LogP contribution < -0.4 is 21.7 Å². The third-order valence-electron chi connectivity index (χ3n) is 5.46. The lowest BCUT2D eigenvalue weighted by molar-refractivity contribution is -0.111. The SMILES string of the molecule is C/N=C(\S/C(N)=C/C(=O)Nc1cnc2[nH]ccc2c1N1CCCC(N)C1)c1c(F)cccc1F. The largest absolute Gasteiger partial charge is 0.393 e. The molecule has 8 nitrogen and oxygen atoms in total. The van der Waals surface area contributed by atoms with Crippen molar-refractivity contribution in [2.45, 2.75) is 18.9 Å². The maximum Gasteiger partial charge on any atom is 0.251 e. The van der Waals surface area contributed by atoms with Gasteiger partial charge in [0.05, 0.1) is 28.2 Å². The van der Waals surface area contributed by atoms with Crippen LogP contribution in [-0.2, 0) is 4.79 Å². The quantitative estimate of drug-likeness (QED) is 0.250. The van der Waals surface area contributed by atoms with Crippen molar-refractivity contribution >= 4 is 45.1 Å². The van der Waals surface area contributed by atoms with E-state index in [4.69, 9.17) is 11.5 Å². The monoisotopic (exact) mass is 485 g/mol. The fourth-order valence-corrected chi connectivity index (χ4v) is 4.77. The third kappa shape index (κ3) is 5.05. The number of piperidine rings is 1. The molecule has 0 saturated carbocycles. The van der Waals surface area contributed by atoms with Crippen molar-refractivity contribution in [2.24, 2.45) is 16.5 Å². The van der Waals surface area contributed by atoms with Crippen LogP contribution in [-0.4, -0.2) is 47.1 Å². The van der Waals surface area contributed by atoms with Crippen LogP contribution in [0, 0.1) is 11.6 Å². The lowest BCUT2D eigenvalue weighted by Gasteiger charge is -2.34. The number of anilines is 2. The highest BCUT2D eigenvalue weighted by Crippen LogP contribution is 2.35. The predicted molar refractivity (Wildman–Crippen MR) is 133 cm³/mol. The Morgan fingerprint density at radius 2 is 2.12 bits per heavy atom. The normalized spacial score (nSPS) is 17.3. The van der Waals surface area contributed by atoms with Crippen LogP contribution in [0.15, 0.2) is 52.8 Å². The van der Waals surface area contributed by atoms with Crippen LogP contribution in [0.5, 0.6) is 0 Å². The Hall–Kier alpha value is -3.44. The molecule has 0 spiro atoms. The van der Waals surface area contributed by atoms with Crippen LogP contribution in [0.2, 0.25) is 0 Å². The van der Waals surface area contributed by atoms with Crippen molar-refractivity contribution in [3.63, 3.8) is 0 Å². The first kappa shape index (κ1) is 23.7. The molecule has 0 bridgehead atoms. The first-order chi connectivity index (χ1) is 16.4. The van der Waals surface area contributed by atoms with Crippen LogP contribution in [0.1, 0.15) is 18.4 Å². The Morgan fingerprint density at radius 1 is 1.35 bits per heavy atom. The highest BCUT2D eigenvalue weighted by molar-refractivity contribution is 8.17. The lowest BCUT2D eigenvalue weighted by atomic mass is 10.0. The topological polar surface area (TPSA) is 125 Å². The number of benzene rings is 1. The van der Waals surface area contributed by atoms with Gasteiger partial charge >= 0.3 is 0 Å². The number of aliphatic imine (C=N–C) groups is 1. The van der Waals surface area contributed by atoms with E-state index in [1.165, 1.54) is 13.1 Å². The van der Waals surface area contributed by atoms with E-state index in [9.17, 15) is 13.6 Å². The highest BCUT2D eigenvalue weighted by Gasteiger charge is 2.23. The van der Waals surface area contributed by atoms with Gasteiger partial charge in [0.2, 0.25) is 0 Å². The van der Waals surface area contributed by atoms with Gasteiger partial charge in [-0.05, 0) is 31.0 Å². The molecule has 1 fully saturated rings. The molecule has 0 aliphatic carbocycles. The van der Waals surface area contributed by atoms with Crippen LogP contribution in [0.3, 0.4) is 0 Å².